The van der Waals surface area contributed by atoms with Crippen LogP contribution in [-0.2, 0) is 5.92 Å². The standard InChI is InChI=1S/C9H7F3O2/c1-9(11,12)6-2-5(8(13)14)3-7(10)4-6/h2-4H,1H3,(H,13,14). The third-order valence-electron chi connectivity index (χ3n) is 1.65. The van der Waals surface area contributed by atoms with Crippen LogP contribution in [0.4, 0.5) is 13.2 Å². The van der Waals surface area contributed by atoms with Gasteiger partial charge in [-0.2, -0.15) is 0 Å². The van der Waals surface area contributed by atoms with Crippen LogP contribution in [0.2, 0.25) is 0 Å². The molecule has 0 bridgehead atoms. The molecule has 0 radical (unpaired) electrons. The van der Waals surface area contributed by atoms with Crippen LogP contribution in [0.15, 0.2) is 18.2 Å². The average Bonchev–Trinajstić information content (AvgIpc) is 2.01. The normalized spacial score (nSPS) is 11.4. The monoisotopic (exact) mass is 204 g/mol. The van der Waals surface area contributed by atoms with Crippen molar-refractivity contribution in [3.8, 4) is 0 Å². The van der Waals surface area contributed by atoms with Crippen molar-refractivity contribution in [3.05, 3.63) is 35.1 Å². The highest BCUT2D eigenvalue weighted by molar-refractivity contribution is 5.87. The van der Waals surface area contributed by atoms with Gasteiger partial charge in [-0.1, -0.05) is 0 Å². The topological polar surface area (TPSA) is 37.3 Å². The Balaban J connectivity index is 3.28. The maximum absolute atomic E-state index is 12.7. The molecule has 1 N–H and O–H groups in total. The lowest BCUT2D eigenvalue weighted by Gasteiger charge is -2.10. The van der Waals surface area contributed by atoms with E-state index in [1.165, 1.54) is 0 Å². The highest BCUT2D eigenvalue weighted by Gasteiger charge is 2.26. The van der Waals surface area contributed by atoms with Gasteiger partial charge in [0.2, 0.25) is 0 Å². The summed E-state index contributed by atoms with van der Waals surface area (Å²) in [7, 11) is 0. The van der Waals surface area contributed by atoms with E-state index in [0.717, 1.165) is 6.07 Å². The molecule has 0 saturated carbocycles. The Morgan fingerprint density at radius 1 is 1.36 bits per heavy atom. The van der Waals surface area contributed by atoms with E-state index in [0.29, 0.717) is 19.1 Å². The fourth-order valence-corrected chi connectivity index (χ4v) is 0.967. The lowest BCUT2D eigenvalue weighted by Crippen LogP contribution is -2.09. The summed E-state index contributed by atoms with van der Waals surface area (Å²) in [4.78, 5) is 10.4. The van der Waals surface area contributed by atoms with Crippen molar-refractivity contribution in [1.29, 1.82) is 0 Å². The van der Waals surface area contributed by atoms with Crippen molar-refractivity contribution >= 4 is 5.97 Å². The molecule has 2 nitrogen and oxygen atoms in total. The fourth-order valence-electron chi connectivity index (χ4n) is 0.967. The van der Waals surface area contributed by atoms with Crippen molar-refractivity contribution in [2.45, 2.75) is 12.8 Å². The molecule has 0 spiro atoms. The van der Waals surface area contributed by atoms with Gasteiger partial charge in [-0.3, -0.25) is 0 Å². The first-order valence-electron chi connectivity index (χ1n) is 3.73. The van der Waals surface area contributed by atoms with Gasteiger partial charge in [0.05, 0.1) is 5.56 Å². The summed E-state index contributed by atoms with van der Waals surface area (Å²) >= 11 is 0. The summed E-state index contributed by atoms with van der Waals surface area (Å²) in [5.74, 6) is -5.66. The van der Waals surface area contributed by atoms with Crippen LogP contribution in [0.5, 0.6) is 0 Å². The van der Waals surface area contributed by atoms with E-state index in [-0.39, 0.29) is 0 Å². The Hall–Kier alpha value is -1.52. The molecule has 0 unspecified atom stereocenters. The maximum atomic E-state index is 12.7. The Morgan fingerprint density at radius 3 is 2.36 bits per heavy atom. The molecule has 0 aliphatic carbocycles. The molecule has 0 atom stereocenters. The summed E-state index contributed by atoms with van der Waals surface area (Å²) in [5.41, 5.74) is -1.13. The molecule has 0 aromatic heterocycles. The van der Waals surface area contributed by atoms with Gasteiger partial charge in [-0.05, 0) is 18.2 Å². The fraction of sp³-hybridized carbons (Fsp3) is 0.222. The lowest BCUT2D eigenvalue weighted by molar-refractivity contribution is 0.0171. The summed E-state index contributed by atoms with van der Waals surface area (Å²) in [6, 6.07) is 2.06. The third kappa shape index (κ3) is 2.25. The van der Waals surface area contributed by atoms with E-state index in [9.17, 15) is 18.0 Å². The molecule has 1 aromatic carbocycles. The van der Waals surface area contributed by atoms with Crippen LogP contribution in [0.1, 0.15) is 22.8 Å². The largest absolute Gasteiger partial charge is 0.478 e. The van der Waals surface area contributed by atoms with Crippen LogP contribution in [0.25, 0.3) is 0 Å². The highest BCUT2D eigenvalue weighted by atomic mass is 19.3. The molecule has 5 heteroatoms. The van der Waals surface area contributed by atoms with Crippen molar-refractivity contribution in [2.24, 2.45) is 0 Å². The Bertz CT molecular complexity index is 369. The quantitative estimate of drug-likeness (QED) is 0.803. The molecule has 0 amide bonds. The number of carboxylic acids is 1. The van der Waals surface area contributed by atoms with E-state index >= 15 is 0 Å². The Labute approximate surface area is 78.0 Å². The minimum Gasteiger partial charge on any atom is -0.478 e. The number of rotatable bonds is 2. The second-order valence-electron chi connectivity index (χ2n) is 2.92. The van der Waals surface area contributed by atoms with Crippen molar-refractivity contribution < 1.29 is 23.1 Å². The summed E-state index contributed by atoms with van der Waals surface area (Å²) in [6.45, 7) is 0.577. The predicted octanol–water partition coefficient (Wildman–Crippen LogP) is 2.64. The maximum Gasteiger partial charge on any atom is 0.335 e. The van der Waals surface area contributed by atoms with Gasteiger partial charge in [0.15, 0.2) is 0 Å². The molecule has 1 aromatic rings. The number of hydrogen-bond acceptors (Lipinski definition) is 1. The summed E-state index contributed by atoms with van der Waals surface area (Å²) < 4.78 is 38.2. The Morgan fingerprint density at radius 2 is 1.93 bits per heavy atom. The molecule has 0 aliphatic rings. The zero-order valence-electron chi connectivity index (χ0n) is 7.22. The number of carbonyl (C=O) groups is 1. The van der Waals surface area contributed by atoms with Gasteiger partial charge in [-0.25, -0.2) is 18.0 Å². The number of halogens is 3. The van der Waals surface area contributed by atoms with Crippen LogP contribution in [0.3, 0.4) is 0 Å². The van der Waals surface area contributed by atoms with Gasteiger partial charge >= 0.3 is 5.97 Å². The third-order valence-corrected chi connectivity index (χ3v) is 1.65. The first kappa shape index (κ1) is 10.6. The first-order valence-corrected chi connectivity index (χ1v) is 3.73. The molecule has 76 valence electrons. The van der Waals surface area contributed by atoms with E-state index in [1.54, 1.807) is 0 Å². The zero-order chi connectivity index (χ0) is 10.9. The second-order valence-corrected chi connectivity index (χ2v) is 2.92. The van der Waals surface area contributed by atoms with Crippen molar-refractivity contribution in [1.82, 2.24) is 0 Å². The summed E-state index contributed by atoms with van der Waals surface area (Å²) in [5, 5.41) is 8.49. The molecule has 0 aliphatic heterocycles. The van der Waals surface area contributed by atoms with E-state index in [2.05, 4.69) is 0 Å². The Kier molecular flexibility index (Phi) is 2.51. The molecular weight excluding hydrogens is 197 g/mol. The van der Waals surface area contributed by atoms with Gasteiger partial charge in [0, 0.05) is 12.5 Å². The van der Waals surface area contributed by atoms with Crippen LogP contribution in [0, 0.1) is 5.82 Å². The number of carboxylic acid groups (broad SMARTS) is 1. The van der Waals surface area contributed by atoms with Gasteiger partial charge in [-0.15, -0.1) is 0 Å². The van der Waals surface area contributed by atoms with Gasteiger partial charge in [0.1, 0.15) is 5.82 Å². The number of aromatic carboxylic acids is 1. The van der Waals surface area contributed by atoms with E-state index in [1.807, 2.05) is 0 Å². The molecule has 0 fully saturated rings. The SMILES string of the molecule is CC(F)(F)c1cc(F)cc(C(=O)O)c1. The van der Waals surface area contributed by atoms with Crippen molar-refractivity contribution in [2.75, 3.05) is 0 Å². The zero-order valence-corrected chi connectivity index (χ0v) is 7.22. The highest BCUT2D eigenvalue weighted by Crippen LogP contribution is 2.28. The summed E-state index contributed by atoms with van der Waals surface area (Å²) in [6.07, 6.45) is 0. The smallest absolute Gasteiger partial charge is 0.335 e. The second kappa shape index (κ2) is 3.32. The van der Waals surface area contributed by atoms with Crippen LogP contribution >= 0.6 is 0 Å². The molecular formula is C9H7F3O2. The number of benzene rings is 1. The minimum atomic E-state index is -3.24. The first-order chi connectivity index (χ1) is 6.30. The van der Waals surface area contributed by atoms with Crippen LogP contribution in [-0.4, -0.2) is 11.1 Å². The average molecular weight is 204 g/mol. The van der Waals surface area contributed by atoms with Crippen LogP contribution < -0.4 is 0 Å². The van der Waals surface area contributed by atoms with Gasteiger partial charge in [0.25, 0.3) is 5.92 Å². The minimum absolute atomic E-state index is 0.485. The van der Waals surface area contributed by atoms with Gasteiger partial charge < -0.3 is 5.11 Å². The predicted molar refractivity (Wildman–Crippen MR) is 42.9 cm³/mol. The number of alkyl halides is 2. The molecule has 14 heavy (non-hydrogen) atoms. The molecule has 0 heterocycles. The lowest BCUT2D eigenvalue weighted by atomic mass is 10.1. The molecule has 1 rings (SSSR count). The van der Waals surface area contributed by atoms with E-state index < -0.39 is 28.8 Å². The van der Waals surface area contributed by atoms with E-state index in [4.69, 9.17) is 5.11 Å². The molecule has 0 saturated heterocycles. The number of hydrogen-bond donors (Lipinski definition) is 1. The van der Waals surface area contributed by atoms with Crippen molar-refractivity contribution in [3.63, 3.8) is 0 Å².